The highest BCUT2D eigenvalue weighted by molar-refractivity contribution is 6.33. The molecule has 0 spiro atoms. The van der Waals surface area contributed by atoms with Crippen molar-refractivity contribution in [1.82, 2.24) is 14.9 Å². The van der Waals surface area contributed by atoms with E-state index < -0.39 is 0 Å². The van der Waals surface area contributed by atoms with Crippen LogP contribution in [-0.2, 0) is 24.3 Å². The number of ether oxygens (including phenoxy) is 2. The summed E-state index contributed by atoms with van der Waals surface area (Å²) in [5.74, 6) is 2.17. The quantitative estimate of drug-likeness (QED) is 0.230. The van der Waals surface area contributed by atoms with E-state index in [4.69, 9.17) is 37.7 Å². The van der Waals surface area contributed by atoms with Gasteiger partial charge in [0, 0.05) is 11.4 Å². The molecule has 4 rings (SSSR count). The van der Waals surface area contributed by atoms with Gasteiger partial charge in [-0.05, 0) is 54.2 Å². The number of imidazole rings is 1. The maximum absolute atomic E-state index is 12.7. The topological polar surface area (TPSA) is 65.4 Å². The zero-order chi connectivity index (χ0) is 26.4. The molecule has 1 heterocycles. The van der Waals surface area contributed by atoms with E-state index in [1.54, 1.807) is 14.2 Å². The molecule has 0 bridgehead atoms. The fourth-order valence-electron chi connectivity index (χ4n) is 4.44. The van der Waals surface area contributed by atoms with Crippen LogP contribution in [0.5, 0.6) is 11.5 Å². The first-order chi connectivity index (χ1) is 17.9. The van der Waals surface area contributed by atoms with Crippen LogP contribution in [0.1, 0.15) is 36.7 Å². The highest BCUT2D eigenvalue weighted by atomic mass is 35.5. The summed E-state index contributed by atoms with van der Waals surface area (Å²) in [5, 5.41) is 4.31. The third-order valence-electron chi connectivity index (χ3n) is 6.46. The highest BCUT2D eigenvalue weighted by Gasteiger charge is 2.17. The SMILES string of the molecule is COc1ccc(CC(C)CCC(=O)NCc2nc3ccccc3n2Cc2ccccc2Cl)c(Cl)c1OC. The summed E-state index contributed by atoms with van der Waals surface area (Å²) in [5.41, 5.74) is 3.87. The van der Waals surface area contributed by atoms with Gasteiger partial charge in [-0.3, -0.25) is 4.79 Å². The normalized spacial score (nSPS) is 11.9. The Balaban J connectivity index is 1.37. The Bertz CT molecular complexity index is 1390. The van der Waals surface area contributed by atoms with Crippen molar-refractivity contribution in [3.63, 3.8) is 0 Å². The molecule has 0 radical (unpaired) electrons. The summed E-state index contributed by atoms with van der Waals surface area (Å²) in [4.78, 5) is 17.5. The second-order valence-electron chi connectivity index (χ2n) is 9.09. The number of nitrogens with zero attached hydrogens (tertiary/aromatic N) is 2. The maximum Gasteiger partial charge on any atom is 0.220 e. The second-order valence-corrected chi connectivity index (χ2v) is 9.88. The summed E-state index contributed by atoms with van der Waals surface area (Å²) in [6.45, 7) is 3.03. The zero-order valence-corrected chi connectivity index (χ0v) is 22.8. The molecule has 1 unspecified atom stereocenters. The minimum atomic E-state index is -0.0124. The van der Waals surface area contributed by atoms with Gasteiger partial charge in [-0.2, -0.15) is 0 Å². The van der Waals surface area contributed by atoms with E-state index in [1.807, 2.05) is 60.7 Å². The second kappa shape index (κ2) is 12.3. The predicted molar refractivity (Wildman–Crippen MR) is 149 cm³/mol. The Morgan fingerprint density at radius 3 is 2.51 bits per heavy atom. The summed E-state index contributed by atoms with van der Waals surface area (Å²) in [7, 11) is 3.16. The van der Waals surface area contributed by atoms with Gasteiger partial charge < -0.3 is 19.4 Å². The number of carbonyl (C=O) groups excluding carboxylic acids is 1. The first-order valence-electron chi connectivity index (χ1n) is 12.2. The fraction of sp³-hybridized carbons (Fsp3) is 0.310. The van der Waals surface area contributed by atoms with E-state index in [0.717, 1.165) is 40.8 Å². The van der Waals surface area contributed by atoms with Crippen molar-refractivity contribution in [1.29, 1.82) is 0 Å². The smallest absolute Gasteiger partial charge is 0.220 e. The van der Waals surface area contributed by atoms with Crippen LogP contribution in [0.25, 0.3) is 11.0 Å². The van der Waals surface area contributed by atoms with Crippen molar-refractivity contribution in [2.75, 3.05) is 14.2 Å². The van der Waals surface area contributed by atoms with E-state index in [1.165, 1.54) is 0 Å². The number of para-hydroxylation sites is 2. The standard InChI is InChI=1S/C29H31Cl2N3O3/c1-19(16-20-13-14-25(36-2)29(37-3)28(20)31)12-15-27(35)32-17-26-33-23-10-6-7-11-24(23)34(26)18-21-8-4-5-9-22(21)30/h4-11,13-14,19H,12,15-18H2,1-3H3,(H,32,35). The number of benzene rings is 3. The molecule has 1 aromatic heterocycles. The van der Waals surface area contributed by atoms with Crippen molar-refractivity contribution in [2.24, 2.45) is 5.92 Å². The number of hydrogen-bond acceptors (Lipinski definition) is 4. The molecule has 1 amide bonds. The van der Waals surface area contributed by atoms with E-state index in [2.05, 4.69) is 16.8 Å². The molecule has 3 aromatic carbocycles. The largest absolute Gasteiger partial charge is 0.493 e. The molecule has 37 heavy (non-hydrogen) atoms. The molecule has 1 atom stereocenters. The van der Waals surface area contributed by atoms with E-state index >= 15 is 0 Å². The third-order valence-corrected chi connectivity index (χ3v) is 7.24. The van der Waals surface area contributed by atoms with Gasteiger partial charge in [-0.1, -0.05) is 66.5 Å². The lowest BCUT2D eigenvalue weighted by Gasteiger charge is -2.16. The van der Waals surface area contributed by atoms with Crippen LogP contribution < -0.4 is 14.8 Å². The fourth-order valence-corrected chi connectivity index (χ4v) is 4.95. The van der Waals surface area contributed by atoms with E-state index in [0.29, 0.717) is 41.1 Å². The molecular weight excluding hydrogens is 509 g/mol. The number of carbonyl (C=O) groups is 1. The third kappa shape index (κ3) is 6.38. The highest BCUT2D eigenvalue weighted by Crippen LogP contribution is 2.38. The van der Waals surface area contributed by atoms with Crippen LogP contribution in [0.4, 0.5) is 0 Å². The number of fused-ring (bicyclic) bond motifs is 1. The number of methoxy groups -OCH3 is 2. The van der Waals surface area contributed by atoms with Crippen molar-refractivity contribution in [3.05, 3.63) is 87.7 Å². The summed E-state index contributed by atoms with van der Waals surface area (Å²) < 4.78 is 12.8. The van der Waals surface area contributed by atoms with Gasteiger partial charge in [-0.25, -0.2) is 4.98 Å². The van der Waals surface area contributed by atoms with Crippen LogP contribution in [-0.4, -0.2) is 29.7 Å². The predicted octanol–water partition coefficient (Wildman–Crippen LogP) is 6.68. The molecule has 0 fully saturated rings. The van der Waals surface area contributed by atoms with E-state index in [9.17, 15) is 4.79 Å². The molecule has 0 aliphatic rings. The molecule has 4 aromatic rings. The average Bonchev–Trinajstić information content (AvgIpc) is 3.25. The first-order valence-corrected chi connectivity index (χ1v) is 13.0. The number of hydrogen-bond donors (Lipinski definition) is 1. The molecule has 194 valence electrons. The Labute approximate surface area is 227 Å². The van der Waals surface area contributed by atoms with Crippen LogP contribution in [0.3, 0.4) is 0 Å². The number of amides is 1. The molecule has 0 aliphatic carbocycles. The number of halogens is 2. The van der Waals surface area contributed by atoms with Crippen LogP contribution in [0.15, 0.2) is 60.7 Å². The van der Waals surface area contributed by atoms with Gasteiger partial charge in [0.05, 0.1) is 43.4 Å². The number of aromatic nitrogens is 2. The number of rotatable bonds is 11. The van der Waals surface area contributed by atoms with Crippen LogP contribution in [0.2, 0.25) is 10.0 Å². The zero-order valence-electron chi connectivity index (χ0n) is 21.3. The average molecular weight is 540 g/mol. The van der Waals surface area contributed by atoms with Gasteiger partial charge in [-0.15, -0.1) is 0 Å². The molecule has 6 nitrogen and oxygen atoms in total. The van der Waals surface area contributed by atoms with Crippen LogP contribution >= 0.6 is 23.2 Å². The lowest BCUT2D eigenvalue weighted by molar-refractivity contribution is -0.121. The van der Waals surface area contributed by atoms with Crippen molar-refractivity contribution in [3.8, 4) is 11.5 Å². The molecule has 0 aliphatic heterocycles. The maximum atomic E-state index is 12.7. The summed E-state index contributed by atoms with van der Waals surface area (Å²) in [6.07, 6.45) is 1.88. The lowest BCUT2D eigenvalue weighted by Crippen LogP contribution is -2.25. The number of nitrogens with one attached hydrogen (secondary N) is 1. The first kappa shape index (κ1) is 26.8. The Hall–Kier alpha value is -3.22. The van der Waals surface area contributed by atoms with E-state index in [-0.39, 0.29) is 11.8 Å². The molecule has 1 N–H and O–H groups in total. The summed E-state index contributed by atoms with van der Waals surface area (Å²) >= 11 is 12.9. The molecular formula is C29H31Cl2N3O3. The Kier molecular flexibility index (Phi) is 8.95. The Morgan fingerprint density at radius 2 is 1.76 bits per heavy atom. The van der Waals surface area contributed by atoms with Gasteiger partial charge in [0.25, 0.3) is 0 Å². The van der Waals surface area contributed by atoms with Crippen molar-refractivity contribution < 1.29 is 14.3 Å². The monoisotopic (exact) mass is 539 g/mol. The van der Waals surface area contributed by atoms with Gasteiger partial charge >= 0.3 is 0 Å². The van der Waals surface area contributed by atoms with Gasteiger partial charge in [0.1, 0.15) is 5.82 Å². The lowest BCUT2D eigenvalue weighted by atomic mass is 9.96. The van der Waals surface area contributed by atoms with Gasteiger partial charge in [0.2, 0.25) is 5.91 Å². The molecule has 0 saturated heterocycles. The van der Waals surface area contributed by atoms with Gasteiger partial charge in [0.15, 0.2) is 11.5 Å². The molecule has 0 saturated carbocycles. The minimum Gasteiger partial charge on any atom is -0.493 e. The van der Waals surface area contributed by atoms with Crippen molar-refractivity contribution >= 4 is 40.1 Å². The Morgan fingerprint density at radius 1 is 1.00 bits per heavy atom. The van der Waals surface area contributed by atoms with Crippen molar-refractivity contribution in [2.45, 2.75) is 39.3 Å². The molecule has 8 heteroatoms. The minimum absolute atomic E-state index is 0.0124. The summed E-state index contributed by atoms with van der Waals surface area (Å²) in [6, 6.07) is 19.5. The van der Waals surface area contributed by atoms with Crippen LogP contribution in [0, 0.1) is 5.92 Å².